The van der Waals surface area contributed by atoms with E-state index in [-0.39, 0.29) is 5.78 Å². The lowest BCUT2D eigenvalue weighted by Gasteiger charge is -2.41. The van der Waals surface area contributed by atoms with Crippen LogP contribution >= 0.6 is 0 Å². The molecule has 0 unspecified atom stereocenters. The summed E-state index contributed by atoms with van der Waals surface area (Å²) in [5, 5.41) is 3.49. The van der Waals surface area contributed by atoms with Crippen molar-refractivity contribution in [3.63, 3.8) is 0 Å². The standard InChI is InChI=1S/C19H22N4O/c1-13-21-10-16(11-22-13)19(24)9-14-2-3-17-15(8-14)4-6-23-7-5-20-12-18(17)23/h2-3,8,10-11,18,20H,4-7,9,12H2,1H3/t18-/m1/s1. The Labute approximate surface area is 142 Å². The van der Waals surface area contributed by atoms with Crippen LogP contribution in [0, 0.1) is 6.92 Å². The fourth-order valence-corrected chi connectivity index (χ4v) is 3.72. The van der Waals surface area contributed by atoms with Gasteiger partial charge in [-0.2, -0.15) is 0 Å². The van der Waals surface area contributed by atoms with Gasteiger partial charge in [-0.25, -0.2) is 9.97 Å². The number of aryl methyl sites for hydroxylation is 1. The summed E-state index contributed by atoms with van der Waals surface area (Å²) in [6, 6.07) is 7.02. The molecular formula is C19H22N4O. The molecule has 1 aromatic heterocycles. The SMILES string of the molecule is Cc1ncc(C(=O)Cc2ccc3c(c2)CCN2CCNC[C@H]32)cn1. The van der Waals surface area contributed by atoms with Crippen molar-refractivity contribution >= 4 is 5.78 Å². The molecule has 0 amide bonds. The van der Waals surface area contributed by atoms with E-state index in [1.807, 2.05) is 6.92 Å². The molecule has 1 aromatic carbocycles. The number of piperazine rings is 1. The maximum absolute atomic E-state index is 12.4. The predicted molar refractivity (Wildman–Crippen MR) is 92.1 cm³/mol. The lowest BCUT2D eigenvalue weighted by Crippen LogP contribution is -2.48. The second kappa shape index (κ2) is 6.42. The third kappa shape index (κ3) is 2.97. The number of Topliss-reactive ketones (excluding diaryl/α,β-unsaturated/α-hetero) is 1. The van der Waals surface area contributed by atoms with Crippen LogP contribution in [0.5, 0.6) is 0 Å². The Hall–Kier alpha value is -2.11. The first-order chi connectivity index (χ1) is 11.7. The number of carbonyl (C=O) groups excluding carboxylic acids is 1. The molecular weight excluding hydrogens is 300 g/mol. The largest absolute Gasteiger partial charge is 0.314 e. The van der Waals surface area contributed by atoms with Crippen LogP contribution in [0.1, 0.15) is 38.9 Å². The van der Waals surface area contributed by atoms with Crippen LogP contribution < -0.4 is 5.32 Å². The number of hydrogen-bond donors (Lipinski definition) is 1. The van der Waals surface area contributed by atoms with Gasteiger partial charge in [0.05, 0.1) is 5.56 Å². The second-order valence-corrected chi connectivity index (χ2v) is 6.66. The number of hydrogen-bond acceptors (Lipinski definition) is 5. The number of carbonyl (C=O) groups is 1. The van der Waals surface area contributed by atoms with E-state index in [9.17, 15) is 4.79 Å². The molecule has 2 aromatic rings. The minimum absolute atomic E-state index is 0.0757. The minimum atomic E-state index is 0.0757. The topological polar surface area (TPSA) is 58.1 Å². The Morgan fingerprint density at radius 3 is 2.96 bits per heavy atom. The number of rotatable bonds is 3. The predicted octanol–water partition coefficient (Wildman–Crippen LogP) is 1.71. The van der Waals surface area contributed by atoms with Gasteiger partial charge >= 0.3 is 0 Å². The van der Waals surface area contributed by atoms with Gasteiger partial charge in [0.2, 0.25) is 0 Å². The van der Waals surface area contributed by atoms with Gasteiger partial charge in [0.15, 0.2) is 5.78 Å². The monoisotopic (exact) mass is 322 g/mol. The van der Waals surface area contributed by atoms with Gasteiger partial charge < -0.3 is 5.32 Å². The first-order valence-corrected chi connectivity index (χ1v) is 8.59. The Balaban J connectivity index is 1.53. The Bertz CT molecular complexity index is 756. The first-order valence-electron chi connectivity index (χ1n) is 8.59. The van der Waals surface area contributed by atoms with Crippen molar-refractivity contribution < 1.29 is 4.79 Å². The van der Waals surface area contributed by atoms with Gasteiger partial charge in [-0.05, 0) is 30.0 Å². The fraction of sp³-hybridized carbons (Fsp3) is 0.421. The summed E-state index contributed by atoms with van der Waals surface area (Å²) in [6.07, 6.45) is 4.72. The quantitative estimate of drug-likeness (QED) is 0.872. The van der Waals surface area contributed by atoms with E-state index in [1.165, 1.54) is 11.1 Å². The van der Waals surface area contributed by atoms with Gasteiger partial charge in [-0.1, -0.05) is 18.2 Å². The summed E-state index contributed by atoms with van der Waals surface area (Å²) in [6.45, 7) is 6.16. The summed E-state index contributed by atoms with van der Waals surface area (Å²) >= 11 is 0. The Kier molecular flexibility index (Phi) is 4.12. The highest BCUT2D eigenvalue weighted by Crippen LogP contribution is 2.31. The van der Waals surface area contributed by atoms with Crippen LogP contribution in [0.25, 0.3) is 0 Å². The summed E-state index contributed by atoms with van der Waals surface area (Å²) < 4.78 is 0. The van der Waals surface area contributed by atoms with Crippen molar-refractivity contribution in [2.24, 2.45) is 0 Å². The molecule has 0 saturated carbocycles. The van der Waals surface area contributed by atoms with Gasteiger partial charge in [0.1, 0.15) is 5.82 Å². The van der Waals surface area contributed by atoms with Gasteiger partial charge in [-0.3, -0.25) is 9.69 Å². The first kappa shape index (κ1) is 15.4. The van der Waals surface area contributed by atoms with E-state index in [1.54, 1.807) is 12.4 Å². The van der Waals surface area contributed by atoms with Crippen molar-refractivity contribution in [2.75, 3.05) is 26.2 Å². The lowest BCUT2D eigenvalue weighted by atomic mass is 9.89. The minimum Gasteiger partial charge on any atom is -0.314 e. The van der Waals surface area contributed by atoms with Crippen LogP contribution in [-0.4, -0.2) is 46.8 Å². The van der Waals surface area contributed by atoms with Crippen LogP contribution in [0.4, 0.5) is 0 Å². The van der Waals surface area contributed by atoms with Crippen LogP contribution in [-0.2, 0) is 12.8 Å². The highest BCUT2D eigenvalue weighted by molar-refractivity contribution is 5.97. The molecule has 1 fully saturated rings. The molecule has 5 heteroatoms. The van der Waals surface area contributed by atoms with E-state index < -0.39 is 0 Å². The van der Waals surface area contributed by atoms with Crippen LogP contribution in [0.3, 0.4) is 0 Å². The lowest BCUT2D eigenvalue weighted by molar-refractivity contribution is 0.0992. The molecule has 24 heavy (non-hydrogen) atoms. The molecule has 5 nitrogen and oxygen atoms in total. The number of aromatic nitrogens is 2. The second-order valence-electron chi connectivity index (χ2n) is 6.66. The summed E-state index contributed by atoms with van der Waals surface area (Å²) in [5.41, 5.74) is 4.48. The summed E-state index contributed by atoms with van der Waals surface area (Å²) in [4.78, 5) is 23.2. The van der Waals surface area contributed by atoms with E-state index >= 15 is 0 Å². The number of nitrogens with zero attached hydrogens (tertiary/aromatic N) is 3. The number of fused-ring (bicyclic) bond motifs is 3. The third-order valence-electron chi connectivity index (χ3n) is 5.06. The van der Waals surface area contributed by atoms with E-state index in [2.05, 4.69) is 38.4 Å². The molecule has 1 N–H and O–H groups in total. The molecule has 0 radical (unpaired) electrons. The summed E-state index contributed by atoms with van der Waals surface area (Å²) in [7, 11) is 0. The van der Waals surface area contributed by atoms with Gasteiger partial charge in [0.25, 0.3) is 0 Å². The van der Waals surface area contributed by atoms with Gasteiger partial charge in [-0.15, -0.1) is 0 Å². The van der Waals surface area contributed by atoms with Crippen molar-refractivity contribution in [3.05, 3.63) is 58.7 Å². The molecule has 3 heterocycles. The maximum Gasteiger partial charge on any atom is 0.170 e. The van der Waals surface area contributed by atoms with Crippen molar-refractivity contribution in [2.45, 2.75) is 25.8 Å². The van der Waals surface area contributed by atoms with E-state index in [4.69, 9.17) is 0 Å². The smallest absolute Gasteiger partial charge is 0.170 e. The average Bonchev–Trinajstić information content (AvgIpc) is 2.62. The number of benzene rings is 1. The van der Waals surface area contributed by atoms with E-state index in [0.29, 0.717) is 23.9 Å². The van der Waals surface area contributed by atoms with Crippen molar-refractivity contribution in [1.82, 2.24) is 20.2 Å². The maximum atomic E-state index is 12.4. The van der Waals surface area contributed by atoms with Crippen molar-refractivity contribution in [1.29, 1.82) is 0 Å². The molecule has 4 rings (SSSR count). The molecule has 1 atom stereocenters. The highest BCUT2D eigenvalue weighted by atomic mass is 16.1. The average molecular weight is 322 g/mol. The molecule has 2 aliphatic heterocycles. The highest BCUT2D eigenvalue weighted by Gasteiger charge is 2.29. The van der Waals surface area contributed by atoms with Gasteiger partial charge in [0, 0.05) is 51.0 Å². The third-order valence-corrected chi connectivity index (χ3v) is 5.06. The Morgan fingerprint density at radius 1 is 1.29 bits per heavy atom. The van der Waals surface area contributed by atoms with Crippen molar-refractivity contribution in [3.8, 4) is 0 Å². The molecule has 2 aliphatic rings. The molecule has 124 valence electrons. The van der Waals surface area contributed by atoms with Crippen LogP contribution in [0.2, 0.25) is 0 Å². The molecule has 0 aliphatic carbocycles. The zero-order valence-electron chi connectivity index (χ0n) is 14.0. The van der Waals surface area contributed by atoms with E-state index in [0.717, 1.165) is 38.2 Å². The number of nitrogens with one attached hydrogen (secondary N) is 1. The molecule has 0 bridgehead atoms. The number of ketones is 1. The molecule has 0 spiro atoms. The Morgan fingerprint density at radius 2 is 2.12 bits per heavy atom. The fourth-order valence-electron chi connectivity index (χ4n) is 3.72. The zero-order valence-corrected chi connectivity index (χ0v) is 14.0. The zero-order chi connectivity index (χ0) is 16.5. The molecule has 1 saturated heterocycles. The van der Waals surface area contributed by atoms with Crippen LogP contribution in [0.15, 0.2) is 30.6 Å². The summed E-state index contributed by atoms with van der Waals surface area (Å²) in [5.74, 6) is 0.762. The normalized spacial score (nSPS) is 20.3.